The molecule has 0 spiro atoms. The quantitative estimate of drug-likeness (QED) is 0.694. The molecule has 0 saturated carbocycles. The first-order chi connectivity index (χ1) is 12.7. The Kier molecular flexibility index (Phi) is 4.94. The molecule has 8 heteroatoms. The van der Waals surface area contributed by atoms with Gasteiger partial charge in [0, 0.05) is 36.4 Å². The highest BCUT2D eigenvalue weighted by atomic mass is 32.2. The van der Waals surface area contributed by atoms with E-state index in [1.165, 1.54) is 19.3 Å². The van der Waals surface area contributed by atoms with E-state index in [0.29, 0.717) is 10.9 Å². The van der Waals surface area contributed by atoms with Gasteiger partial charge in [0.15, 0.2) is 5.75 Å². The molecule has 3 aromatic rings. The van der Waals surface area contributed by atoms with Gasteiger partial charge in [-0.2, -0.15) is 4.98 Å². The van der Waals surface area contributed by atoms with Crippen molar-refractivity contribution in [3.05, 3.63) is 36.3 Å². The highest BCUT2D eigenvalue weighted by Crippen LogP contribution is 2.23. The van der Waals surface area contributed by atoms with E-state index in [2.05, 4.69) is 24.8 Å². The maximum atomic E-state index is 12.7. The molecule has 2 aromatic heterocycles. The Morgan fingerprint density at radius 1 is 1.19 bits per heavy atom. The van der Waals surface area contributed by atoms with Gasteiger partial charge in [0.1, 0.15) is 17.9 Å². The molecule has 1 saturated heterocycles. The maximum absolute atomic E-state index is 12.7. The van der Waals surface area contributed by atoms with Crippen molar-refractivity contribution in [2.45, 2.75) is 30.2 Å². The number of piperidine rings is 1. The summed E-state index contributed by atoms with van der Waals surface area (Å²) in [4.78, 5) is 18.5. The molecule has 1 fully saturated rings. The molecule has 0 radical (unpaired) electrons. The van der Waals surface area contributed by atoms with E-state index >= 15 is 0 Å². The van der Waals surface area contributed by atoms with Crippen LogP contribution in [0.25, 0.3) is 11.0 Å². The summed E-state index contributed by atoms with van der Waals surface area (Å²) in [6.07, 6.45) is 5.21. The van der Waals surface area contributed by atoms with Gasteiger partial charge in [-0.15, -0.1) is 0 Å². The number of hydrogen-bond acceptors (Lipinski definition) is 6. The van der Waals surface area contributed by atoms with Gasteiger partial charge in [-0.1, -0.05) is 0 Å². The molecule has 1 unspecified atom stereocenters. The van der Waals surface area contributed by atoms with Crippen molar-refractivity contribution >= 4 is 28.0 Å². The van der Waals surface area contributed by atoms with Crippen molar-refractivity contribution in [1.29, 1.82) is 0 Å². The second kappa shape index (κ2) is 7.51. The summed E-state index contributed by atoms with van der Waals surface area (Å²) >= 11 is -1.31. The molecular weight excluding hydrogens is 350 g/mol. The van der Waals surface area contributed by atoms with Crippen molar-refractivity contribution in [2.24, 2.45) is 0 Å². The zero-order chi connectivity index (χ0) is 17.9. The lowest BCUT2D eigenvalue weighted by molar-refractivity contribution is 0.415. The smallest absolute Gasteiger partial charge is 0.322 e. The molecule has 1 aromatic carbocycles. The van der Waals surface area contributed by atoms with E-state index in [4.69, 9.17) is 4.74 Å². The van der Waals surface area contributed by atoms with Crippen LogP contribution < -0.4 is 9.64 Å². The van der Waals surface area contributed by atoms with Crippen molar-refractivity contribution < 1.29 is 9.29 Å². The highest BCUT2D eigenvalue weighted by Gasteiger charge is 2.20. The van der Waals surface area contributed by atoms with Crippen LogP contribution in [0.15, 0.2) is 35.7 Å². The molecule has 1 aliphatic rings. The largest absolute Gasteiger partial charge is 0.609 e. The molecular formula is C18H21N5O2S. The fourth-order valence-corrected chi connectivity index (χ4v) is 4.15. The third-order valence-corrected chi connectivity index (χ3v) is 5.74. The average molecular weight is 371 g/mol. The van der Waals surface area contributed by atoms with Crippen molar-refractivity contribution in [3.63, 3.8) is 0 Å². The molecule has 4 rings (SSSR count). The van der Waals surface area contributed by atoms with Crippen LogP contribution in [0, 0.1) is 0 Å². The zero-order valence-corrected chi connectivity index (χ0v) is 15.5. The number of aromatic amines is 1. The van der Waals surface area contributed by atoms with Crippen LogP contribution in [-0.4, -0.2) is 44.7 Å². The number of rotatable bonds is 5. The minimum absolute atomic E-state index is 0.306. The molecule has 26 heavy (non-hydrogen) atoms. The van der Waals surface area contributed by atoms with Crippen LogP contribution in [0.5, 0.6) is 5.75 Å². The van der Waals surface area contributed by atoms with Crippen LogP contribution in [0.4, 0.5) is 5.82 Å². The average Bonchev–Trinajstić information content (AvgIpc) is 3.12. The van der Waals surface area contributed by atoms with E-state index in [9.17, 15) is 4.55 Å². The Balaban J connectivity index is 1.51. The summed E-state index contributed by atoms with van der Waals surface area (Å²) in [6.45, 7) is 2.04. The molecule has 0 bridgehead atoms. The minimum atomic E-state index is -1.31. The summed E-state index contributed by atoms with van der Waals surface area (Å²) in [5, 5.41) is 0.450. The predicted octanol–water partition coefficient (Wildman–Crippen LogP) is 2.66. The second-order valence-corrected chi connectivity index (χ2v) is 7.70. The molecule has 1 atom stereocenters. The number of hydrogen-bond donors (Lipinski definition) is 1. The van der Waals surface area contributed by atoms with E-state index in [1.807, 2.05) is 24.3 Å². The first-order valence-electron chi connectivity index (χ1n) is 8.71. The number of benzene rings is 1. The lowest BCUT2D eigenvalue weighted by atomic mass is 10.1. The first-order valence-corrected chi connectivity index (χ1v) is 10.0. The van der Waals surface area contributed by atoms with Crippen molar-refractivity contribution in [2.75, 3.05) is 25.1 Å². The van der Waals surface area contributed by atoms with Crippen molar-refractivity contribution in [1.82, 2.24) is 19.9 Å². The van der Waals surface area contributed by atoms with Crippen LogP contribution in [0.1, 0.15) is 25.0 Å². The lowest BCUT2D eigenvalue weighted by Gasteiger charge is -2.27. The van der Waals surface area contributed by atoms with Gasteiger partial charge in [0.2, 0.25) is 0 Å². The molecule has 0 aliphatic carbocycles. The molecule has 1 aliphatic heterocycles. The fraction of sp³-hybridized carbons (Fsp3) is 0.389. The third kappa shape index (κ3) is 3.61. The summed E-state index contributed by atoms with van der Waals surface area (Å²) in [6, 6.07) is 7.49. The topological polar surface area (TPSA) is 90.0 Å². The number of ether oxygens (including phenoxy) is 1. The van der Waals surface area contributed by atoms with Gasteiger partial charge >= 0.3 is 5.16 Å². The van der Waals surface area contributed by atoms with E-state index in [-0.39, 0.29) is 0 Å². The van der Waals surface area contributed by atoms with Gasteiger partial charge in [-0.3, -0.25) is 4.98 Å². The number of nitrogens with zero attached hydrogens (tertiary/aromatic N) is 4. The molecule has 0 amide bonds. The maximum Gasteiger partial charge on any atom is 0.322 e. The summed E-state index contributed by atoms with van der Waals surface area (Å²) in [5.41, 5.74) is 2.34. The lowest BCUT2D eigenvalue weighted by Crippen LogP contribution is -2.30. The van der Waals surface area contributed by atoms with E-state index in [0.717, 1.165) is 41.4 Å². The van der Waals surface area contributed by atoms with Gasteiger partial charge in [0.05, 0.1) is 23.8 Å². The van der Waals surface area contributed by atoms with Gasteiger partial charge in [-0.05, 0) is 31.4 Å². The predicted molar refractivity (Wildman–Crippen MR) is 101 cm³/mol. The van der Waals surface area contributed by atoms with Gasteiger partial charge < -0.3 is 14.2 Å². The Hall–Kier alpha value is -2.32. The second-order valence-electron chi connectivity index (χ2n) is 6.33. The normalized spacial score (nSPS) is 16.0. The number of methoxy groups -OCH3 is 1. The first kappa shape index (κ1) is 17.1. The molecule has 1 N–H and O–H groups in total. The number of anilines is 1. The number of aromatic nitrogens is 4. The summed E-state index contributed by atoms with van der Waals surface area (Å²) in [7, 11) is 1.61. The Morgan fingerprint density at radius 2 is 2.04 bits per heavy atom. The van der Waals surface area contributed by atoms with Gasteiger partial charge in [0.25, 0.3) is 0 Å². The standard InChI is InChI=1S/C18H21N5O2S/c1-25-14-5-6-15-16(10-14)22-18(21-15)26(24)11-13-9-17(20-12-19-13)23-7-3-2-4-8-23/h5-6,9-10,12H,2-4,7-8,11H2,1H3,(H,21,22). The van der Waals surface area contributed by atoms with Gasteiger partial charge in [-0.25, -0.2) is 9.97 Å². The third-order valence-electron chi connectivity index (χ3n) is 4.55. The highest BCUT2D eigenvalue weighted by molar-refractivity contribution is 7.90. The number of nitrogens with one attached hydrogen (secondary N) is 1. The Labute approximate surface area is 155 Å². The van der Waals surface area contributed by atoms with Crippen LogP contribution in [0.2, 0.25) is 0 Å². The SMILES string of the molecule is COc1ccc2[nH]c([S+]([O-])Cc3cc(N4CCCCC4)ncn3)nc2c1. The minimum Gasteiger partial charge on any atom is -0.609 e. The summed E-state index contributed by atoms with van der Waals surface area (Å²) in [5.74, 6) is 1.95. The van der Waals surface area contributed by atoms with Crippen molar-refractivity contribution in [3.8, 4) is 5.75 Å². The van der Waals surface area contributed by atoms with E-state index < -0.39 is 11.2 Å². The van der Waals surface area contributed by atoms with Crippen LogP contribution in [0.3, 0.4) is 0 Å². The number of fused-ring (bicyclic) bond motifs is 1. The number of imidazole rings is 1. The fourth-order valence-electron chi connectivity index (χ4n) is 3.16. The molecule has 3 heterocycles. The Morgan fingerprint density at radius 3 is 2.85 bits per heavy atom. The Bertz CT molecular complexity index is 894. The van der Waals surface area contributed by atoms with Crippen LogP contribution >= 0.6 is 0 Å². The van der Waals surface area contributed by atoms with E-state index in [1.54, 1.807) is 13.4 Å². The molecule has 7 nitrogen and oxygen atoms in total. The zero-order valence-electron chi connectivity index (χ0n) is 14.6. The number of H-pyrrole nitrogens is 1. The molecule has 136 valence electrons. The summed E-state index contributed by atoms with van der Waals surface area (Å²) < 4.78 is 17.9. The monoisotopic (exact) mass is 371 g/mol. The van der Waals surface area contributed by atoms with Crippen LogP contribution in [-0.2, 0) is 16.9 Å².